The van der Waals surface area contributed by atoms with Crippen LogP contribution in [-0.4, -0.2) is 17.2 Å². The summed E-state index contributed by atoms with van der Waals surface area (Å²) in [7, 11) is 0. The summed E-state index contributed by atoms with van der Waals surface area (Å²) in [4.78, 5) is 19.2. The maximum absolute atomic E-state index is 12.2. The van der Waals surface area contributed by atoms with Crippen LogP contribution < -0.4 is 10.1 Å². The minimum Gasteiger partial charge on any atom is -0.489 e. The second kappa shape index (κ2) is 10.6. The standard InChI is InChI=1S/C26H30N2O3S/c1-18-15-21(16-27-26(29)30-17-20-9-5-3-6-10-20)25(32-18)23-13-14-24(19(2)28-23)31-22-11-7-4-8-12-22/h3,5-6,9-10,13-15,22H,4,7-8,11-12,16-17H2,1-2H3,(H,27,29). The fraction of sp³-hybridized carbons (Fsp3) is 0.385. The molecular formula is C26H30N2O3S. The molecule has 1 saturated carbocycles. The summed E-state index contributed by atoms with van der Waals surface area (Å²) in [6, 6.07) is 15.8. The summed E-state index contributed by atoms with van der Waals surface area (Å²) in [5.74, 6) is 0.873. The van der Waals surface area contributed by atoms with Gasteiger partial charge in [0.15, 0.2) is 0 Å². The van der Waals surface area contributed by atoms with E-state index in [1.54, 1.807) is 11.3 Å². The number of nitrogens with zero attached hydrogens (tertiary/aromatic N) is 1. The van der Waals surface area contributed by atoms with Crippen molar-refractivity contribution in [3.05, 3.63) is 70.2 Å². The Balaban J connectivity index is 1.39. The maximum atomic E-state index is 12.2. The van der Waals surface area contributed by atoms with E-state index < -0.39 is 6.09 Å². The molecule has 3 aromatic rings. The van der Waals surface area contributed by atoms with Crippen LogP contribution in [0.15, 0.2) is 48.5 Å². The van der Waals surface area contributed by atoms with E-state index in [0.717, 1.165) is 46.0 Å². The second-order valence-electron chi connectivity index (χ2n) is 8.28. The molecule has 1 N–H and O–H groups in total. The van der Waals surface area contributed by atoms with Crippen molar-refractivity contribution in [2.24, 2.45) is 0 Å². The number of rotatable bonds is 7. The van der Waals surface area contributed by atoms with Crippen LogP contribution in [-0.2, 0) is 17.9 Å². The van der Waals surface area contributed by atoms with Crippen LogP contribution >= 0.6 is 11.3 Å². The van der Waals surface area contributed by atoms with Gasteiger partial charge in [0, 0.05) is 11.4 Å². The first kappa shape index (κ1) is 22.3. The SMILES string of the molecule is Cc1cc(CNC(=O)OCc2ccccc2)c(-c2ccc(OC3CCCCC3)c(C)n2)s1. The van der Waals surface area contributed by atoms with Crippen molar-refractivity contribution < 1.29 is 14.3 Å². The van der Waals surface area contributed by atoms with E-state index in [9.17, 15) is 4.79 Å². The zero-order chi connectivity index (χ0) is 22.3. The first-order valence-electron chi connectivity index (χ1n) is 11.3. The molecule has 2 heterocycles. The van der Waals surface area contributed by atoms with Gasteiger partial charge in [-0.3, -0.25) is 0 Å². The summed E-state index contributed by atoms with van der Waals surface area (Å²) in [5, 5.41) is 2.87. The zero-order valence-corrected chi connectivity index (χ0v) is 19.5. The Hall–Kier alpha value is -2.86. The Morgan fingerprint density at radius 1 is 1.09 bits per heavy atom. The van der Waals surface area contributed by atoms with Crippen molar-refractivity contribution in [1.29, 1.82) is 0 Å². The van der Waals surface area contributed by atoms with Crippen molar-refractivity contribution in [2.45, 2.75) is 65.2 Å². The van der Waals surface area contributed by atoms with Crippen molar-refractivity contribution in [3.8, 4) is 16.3 Å². The van der Waals surface area contributed by atoms with E-state index in [0.29, 0.717) is 12.6 Å². The zero-order valence-electron chi connectivity index (χ0n) is 18.7. The fourth-order valence-corrected chi connectivity index (χ4v) is 5.02. The molecule has 1 amide bonds. The number of carbonyl (C=O) groups excluding carboxylic acids is 1. The molecule has 0 unspecified atom stereocenters. The third kappa shape index (κ3) is 5.88. The van der Waals surface area contributed by atoms with E-state index in [1.807, 2.05) is 49.4 Å². The van der Waals surface area contributed by atoms with E-state index in [-0.39, 0.29) is 6.61 Å². The average Bonchev–Trinajstić information content (AvgIpc) is 3.19. The van der Waals surface area contributed by atoms with Crippen LogP contribution in [0.4, 0.5) is 4.79 Å². The van der Waals surface area contributed by atoms with E-state index in [2.05, 4.69) is 18.3 Å². The van der Waals surface area contributed by atoms with Crippen LogP contribution in [0.2, 0.25) is 0 Å². The van der Waals surface area contributed by atoms with Gasteiger partial charge in [0.05, 0.1) is 22.4 Å². The molecule has 1 aliphatic rings. The highest BCUT2D eigenvalue weighted by Crippen LogP contribution is 2.34. The third-order valence-corrected chi connectivity index (χ3v) is 6.80. The highest BCUT2D eigenvalue weighted by molar-refractivity contribution is 7.15. The predicted molar refractivity (Wildman–Crippen MR) is 128 cm³/mol. The number of thiophene rings is 1. The van der Waals surface area contributed by atoms with Gasteiger partial charge in [0.2, 0.25) is 0 Å². The minimum atomic E-state index is -0.427. The number of hydrogen-bond acceptors (Lipinski definition) is 5. The quantitative estimate of drug-likeness (QED) is 0.442. The fourth-order valence-electron chi connectivity index (χ4n) is 4.02. The average molecular weight is 451 g/mol. The third-order valence-electron chi connectivity index (χ3n) is 5.68. The number of nitrogens with one attached hydrogen (secondary N) is 1. The topological polar surface area (TPSA) is 60.5 Å². The first-order valence-corrected chi connectivity index (χ1v) is 12.1. The van der Waals surface area contributed by atoms with E-state index >= 15 is 0 Å². The van der Waals surface area contributed by atoms with Gasteiger partial charge in [0.25, 0.3) is 0 Å². The molecule has 1 aromatic carbocycles. The molecule has 0 atom stereocenters. The van der Waals surface area contributed by atoms with Crippen LogP contribution in [0.25, 0.3) is 10.6 Å². The van der Waals surface area contributed by atoms with Crippen LogP contribution in [0, 0.1) is 13.8 Å². The molecule has 0 saturated heterocycles. The van der Waals surface area contributed by atoms with Gasteiger partial charge in [0.1, 0.15) is 12.4 Å². The van der Waals surface area contributed by atoms with E-state index in [4.69, 9.17) is 14.5 Å². The number of carbonyl (C=O) groups is 1. The van der Waals surface area contributed by atoms with Gasteiger partial charge in [-0.2, -0.15) is 0 Å². The molecule has 1 fully saturated rings. The van der Waals surface area contributed by atoms with Crippen LogP contribution in [0.1, 0.15) is 53.8 Å². The molecule has 2 aromatic heterocycles. The molecule has 1 aliphatic carbocycles. The number of amides is 1. The lowest BCUT2D eigenvalue weighted by atomic mass is 9.98. The Labute approximate surface area is 193 Å². The van der Waals surface area contributed by atoms with Crippen molar-refractivity contribution in [1.82, 2.24) is 10.3 Å². The molecule has 0 bridgehead atoms. The number of aromatic nitrogens is 1. The second-order valence-corrected chi connectivity index (χ2v) is 9.54. The summed E-state index contributed by atoms with van der Waals surface area (Å²) in [6.07, 6.45) is 5.93. The lowest BCUT2D eigenvalue weighted by Gasteiger charge is -2.23. The monoisotopic (exact) mass is 450 g/mol. The van der Waals surface area contributed by atoms with Gasteiger partial charge < -0.3 is 14.8 Å². The molecule has 0 spiro atoms. The molecule has 4 rings (SSSR count). The number of ether oxygens (including phenoxy) is 2. The summed E-state index contributed by atoms with van der Waals surface area (Å²) >= 11 is 1.68. The lowest BCUT2D eigenvalue weighted by molar-refractivity contribution is 0.139. The number of alkyl carbamates (subject to hydrolysis) is 1. The van der Waals surface area contributed by atoms with Gasteiger partial charge in [-0.05, 0) is 68.9 Å². The molecular weight excluding hydrogens is 420 g/mol. The van der Waals surface area contributed by atoms with Crippen molar-refractivity contribution in [3.63, 3.8) is 0 Å². The molecule has 0 aliphatic heterocycles. The predicted octanol–water partition coefficient (Wildman–Crippen LogP) is 6.56. The van der Waals surface area contributed by atoms with Gasteiger partial charge in [-0.15, -0.1) is 11.3 Å². The van der Waals surface area contributed by atoms with Crippen molar-refractivity contribution >= 4 is 17.4 Å². The Bertz CT molecular complexity index is 1040. The molecule has 5 nitrogen and oxygen atoms in total. The Morgan fingerprint density at radius 3 is 2.62 bits per heavy atom. The van der Waals surface area contributed by atoms with Crippen LogP contribution in [0.5, 0.6) is 5.75 Å². The minimum absolute atomic E-state index is 0.255. The van der Waals surface area contributed by atoms with Gasteiger partial charge in [-0.1, -0.05) is 36.8 Å². The largest absolute Gasteiger partial charge is 0.489 e. The number of pyridine rings is 1. The normalized spacial score (nSPS) is 14.2. The van der Waals surface area contributed by atoms with Crippen LogP contribution in [0.3, 0.4) is 0 Å². The number of hydrogen-bond donors (Lipinski definition) is 1. The highest BCUT2D eigenvalue weighted by atomic mass is 32.1. The van der Waals surface area contributed by atoms with Gasteiger partial charge >= 0.3 is 6.09 Å². The number of aryl methyl sites for hydroxylation is 2. The first-order chi connectivity index (χ1) is 15.6. The van der Waals surface area contributed by atoms with E-state index in [1.165, 1.54) is 24.1 Å². The summed E-state index contributed by atoms with van der Waals surface area (Å²) < 4.78 is 11.6. The Kier molecular flexibility index (Phi) is 7.43. The van der Waals surface area contributed by atoms with Gasteiger partial charge in [-0.25, -0.2) is 9.78 Å². The van der Waals surface area contributed by atoms with Crippen molar-refractivity contribution in [2.75, 3.05) is 0 Å². The molecule has 168 valence electrons. The Morgan fingerprint density at radius 2 is 1.88 bits per heavy atom. The maximum Gasteiger partial charge on any atom is 0.407 e. The molecule has 6 heteroatoms. The summed E-state index contributed by atoms with van der Waals surface area (Å²) in [5.41, 5.74) is 3.81. The lowest BCUT2D eigenvalue weighted by Crippen LogP contribution is -2.23. The smallest absolute Gasteiger partial charge is 0.407 e. The molecule has 0 radical (unpaired) electrons. The molecule has 32 heavy (non-hydrogen) atoms. The number of benzene rings is 1. The highest BCUT2D eigenvalue weighted by Gasteiger charge is 2.18. The summed E-state index contributed by atoms with van der Waals surface area (Å²) in [6.45, 7) is 4.72.